The van der Waals surface area contributed by atoms with E-state index in [4.69, 9.17) is 9.97 Å². The van der Waals surface area contributed by atoms with E-state index in [9.17, 15) is 0 Å². The van der Waals surface area contributed by atoms with Crippen LogP contribution in [0.4, 0.5) is 0 Å². The summed E-state index contributed by atoms with van der Waals surface area (Å²) in [4.78, 5) is 10.8. The van der Waals surface area contributed by atoms with Crippen molar-refractivity contribution < 1.29 is 0 Å². The van der Waals surface area contributed by atoms with Crippen LogP contribution in [0, 0.1) is 0 Å². The molecule has 0 aliphatic heterocycles. The minimum atomic E-state index is 0.684. The molecule has 0 aliphatic rings. The average molecular weight is 702 g/mol. The van der Waals surface area contributed by atoms with Crippen molar-refractivity contribution in [1.29, 1.82) is 0 Å². The molecule has 0 spiro atoms. The zero-order chi connectivity index (χ0) is 36.6. The zero-order valence-electron chi connectivity index (χ0n) is 30.0. The molecule has 2 aromatic heterocycles. The van der Waals surface area contributed by atoms with Crippen molar-refractivity contribution >= 4 is 21.9 Å². The van der Waals surface area contributed by atoms with Crippen molar-refractivity contribution in [2.75, 3.05) is 0 Å². The van der Waals surface area contributed by atoms with Crippen LogP contribution in [0.25, 0.3) is 94.8 Å². The van der Waals surface area contributed by atoms with Gasteiger partial charge in [-0.2, -0.15) is 0 Å². The van der Waals surface area contributed by atoms with E-state index in [1.165, 1.54) is 33.4 Å². The summed E-state index contributed by atoms with van der Waals surface area (Å²) < 4.78 is 2.27. The highest BCUT2D eigenvalue weighted by Crippen LogP contribution is 2.39. The van der Waals surface area contributed by atoms with Crippen LogP contribution in [-0.4, -0.2) is 14.5 Å². The molecule has 0 atom stereocenters. The van der Waals surface area contributed by atoms with Crippen molar-refractivity contribution in [2.24, 2.45) is 0 Å². The van der Waals surface area contributed by atoms with Crippen molar-refractivity contribution in [1.82, 2.24) is 14.5 Å². The molecule has 0 saturated carbocycles. The lowest BCUT2D eigenvalue weighted by atomic mass is 9.95. The van der Waals surface area contributed by atoms with E-state index in [0.717, 1.165) is 55.6 Å². The number of aromatic nitrogens is 3. The quantitative estimate of drug-likeness (QED) is 0.166. The van der Waals surface area contributed by atoms with E-state index < -0.39 is 0 Å². The highest BCUT2D eigenvalue weighted by atomic mass is 15.1. The van der Waals surface area contributed by atoms with Crippen LogP contribution in [0.15, 0.2) is 212 Å². The maximum absolute atomic E-state index is 5.41. The number of hydrogen-bond acceptors (Lipinski definition) is 2. The third-order valence-electron chi connectivity index (χ3n) is 10.4. The Morgan fingerprint density at radius 3 is 1.33 bits per heavy atom. The van der Waals surface area contributed by atoms with Gasteiger partial charge < -0.3 is 0 Å². The molecule has 10 rings (SSSR count). The third kappa shape index (κ3) is 6.08. The molecule has 10 aromatic rings. The van der Waals surface area contributed by atoms with Crippen molar-refractivity contribution in [3.8, 4) is 72.8 Å². The second-order valence-corrected chi connectivity index (χ2v) is 13.8. The fraction of sp³-hybridized carbons (Fsp3) is 0. The van der Waals surface area contributed by atoms with Gasteiger partial charge in [-0.3, -0.25) is 4.57 Å². The molecule has 258 valence electrons. The number of fused-ring (bicyclic) bond motifs is 3. The summed E-state index contributed by atoms with van der Waals surface area (Å²) in [5.41, 5.74) is 15.3. The molecule has 0 bridgehead atoms. The van der Waals surface area contributed by atoms with Gasteiger partial charge in [0.2, 0.25) is 0 Å². The molecule has 0 radical (unpaired) electrons. The van der Waals surface area contributed by atoms with E-state index in [1.54, 1.807) is 0 Å². The summed E-state index contributed by atoms with van der Waals surface area (Å²) in [7, 11) is 0. The molecular formula is C52H35N3. The number of rotatable bonds is 7. The molecule has 0 saturated heterocycles. The Kier molecular flexibility index (Phi) is 8.16. The summed E-state index contributed by atoms with van der Waals surface area (Å²) in [5, 5.41) is 2.16. The first kappa shape index (κ1) is 32.3. The van der Waals surface area contributed by atoms with E-state index in [1.807, 2.05) is 0 Å². The Bertz CT molecular complexity index is 2950. The fourth-order valence-electron chi connectivity index (χ4n) is 7.71. The van der Waals surface area contributed by atoms with Crippen LogP contribution >= 0.6 is 0 Å². The molecule has 2 heterocycles. The Morgan fingerprint density at radius 1 is 0.309 bits per heavy atom. The van der Waals surface area contributed by atoms with E-state index in [-0.39, 0.29) is 0 Å². The summed E-state index contributed by atoms with van der Waals surface area (Å²) in [6.45, 7) is 0. The fourth-order valence-corrected chi connectivity index (χ4v) is 7.71. The maximum Gasteiger partial charge on any atom is 0.162 e. The number of para-hydroxylation sites is 2. The van der Waals surface area contributed by atoms with E-state index >= 15 is 0 Å². The molecule has 3 nitrogen and oxygen atoms in total. The van der Waals surface area contributed by atoms with Gasteiger partial charge in [-0.15, -0.1) is 0 Å². The molecule has 3 heteroatoms. The van der Waals surface area contributed by atoms with Crippen LogP contribution in [-0.2, 0) is 0 Å². The Labute approximate surface area is 320 Å². The van der Waals surface area contributed by atoms with Gasteiger partial charge >= 0.3 is 0 Å². The van der Waals surface area contributed by atoms with Gasteiger partial charge in [0.1, 0.15) is 5.65 Å². The number of hydrogen-bond donors (Lipinski definition) is 0. The van der Waals surface area contributed by atoms with Gasteiger partial charge in [-0.05, 0) is 80.9 Å². The first-order chi connectivity index (χ1) is 27.3. The molecular weight excluding hydrogens is 667 g/mol. The minimum Gasteiger partial charge on any atom is -0.294 e. The lowest BCUT2D eigenvalue weighted by molar-refractivity contribution is 1.11. The normalized spacial score (nSPS) is 11.3. The Hall–Kier alpha value is -7.36. The van der Waals surface area contributed by atoms with Gasteiger partial charge in [0.05, 0.1) is 16.6 Å². The first-order valence-corrected chi connectivity index (χ1v) is 18.7. The van der Waals surface area contributed by atoms with E-state index in [2.05, 4.69) is 217 Å². The summed E-state index contributed by atoms with van der Waals surface area (Å²) in [5.74, 6) is 0.684. The molecule has 0 aliphatic carbocycles. The van der Waals surface area contributed by atoms with E-state index in [0.29, 0.717) is 5.82 Å². The van der Waals surface area contributed by atoms with Crippen molar-refractivity contribution in [3.05, 3.63) is 212 Å². The van der Waals surface area contributed by atoms with Crippen molar-refractivity contribution in [2.45, 2.75) is 0 Å². The number of nitrogens with zero attached hydrogens (tertiary/aromatic N) is 3. The molecule has 0 amide bonds. The smallest absolute Gasteiger partial charge is 0.162 e. The Morgan fingerprint density at radius 2 is 0.727 bits per heavy atom. The zero-order valence-corrected chi connectivity index (χ0v) is 30.0. The van der Waals surface area contributed by atoms with Gasteiger partial charge in [0.25, 0.3) is 0 Å². The summed E-state index contributed by atoms with van der Waals surface area (Å²) in [6, 6.07) is 75.1. The Balaban J connectivity index is 1.12. The topological polar surface area (TPSA) is 30.7 Å². The van der Waals surface area contributed by atoms with Gasteiger partial charge in [-0.25, -0.2) is 9.97 Å². The molecule has 55 heavy (non-hydrogen) atoms. The van der Waals surface area contributed by atoms with Crippen LogP contribution in [0.5, 0.6) is 0 Å². The summed E-state index contributed by atoms with van der Waals surface area (Å²) >= 11 is 0. The van der Waals surface area contributed by atoms with Gasteiger partial charge in [-0.1, -0.05) is 176 Å². The standard InChI is InChI=1S/C52H35N3/c1-4-15-36(16-5-1)38-29-31-39(32-30-38)50-49-47-27-10-11-28-48(47)55(46-25-8-3-9-26-46)52(49)54-51(53-50)45-24-14-23-44(35-45)43-22-13-21-42(34-43)41-20-12-19-40(33-41)37-17-6-2-7-18-37/h1-35H. The largest absolute Gasteiger partial charge is 0.294 e. The molecule has 0 fully saturated rings. The summed E-state index contributed by atoms with van der Waals surface area (Å²) in [6.07, 6.45) is 0. The highest BCUT2D eigenvalue weighted by molar-refractivity contribution is 6.14. The van der Waals surface area contributed by atoms with Gasteiger partial charge in [0, 0.05) is 22.2 Å². The molecule has 0 unspecified atom stereocenters. The lowest BCUT2D eigenvalue weighted by Crippen LogP contribution is -1.99. The molecule has 8 aromatic carbocycles. The second-order valence-electron chi connectivity index (χ2n) is 13.8. The van der Waals surface area contributed by atoms with Crippen LogP contribution in [0.2, 0.25) is 0 Å². The number of benzene rings is 8. The lowest BCUT2D eigenvalue weighted by Gasteiger charge is -2.12. The average Bonchev–Trinajstić information content (AvgIpc) is 3.61. The molecule has 0 N–H and O–H groups in total. The predicted molar refractivity (Wildman–Crippen MR) is 229 cm³/mol. The van der Waals surface area contributed by atoms with Gasteiger partial charge in [0.15, 0.2) is 5.82 Å². The van der Waals surface area contributed by atoms with Crippen molar-refractivity contribution in [3.63, 3.8) is 0 Å². The first-order valence-electron chi connectivity index (χ1n) is 18.7. The highest BCUT2D eigenvalue weighted by Gasteiger charge is 2.21. The van der Waals surface area contributed by atoms with Crippen LogP contribution < -0.4 is 0 Å². The third-order valence-corrected chi connectivity index (χ3v) is 10.4. The predicted octanol–water partition coefficient (Wildman–Crippen LogP) is 13.6. The van der Waals surface area contributed by atoms with Crippen LogP contribution in [0.3, 0.4) is 0 Å². The maximum atomic E-state index is 5.41. The van der Waals surface area contributed by atoms with Crippen LogP contribution in [0.1, 0.15) is 0 Å². The monoisotopic (exact) mass is 701 g/mol. The second kappa shape index (κ2) is 13.9. The SMILES string of the molecule is c1ccc(-c2ccc(-c3nc(-c4cccc(-c5cccc(-c6cccc(-c7ccccc7)c6)c5)c4)nc4c3c3ccccc3n4-c3ccccc3)cc2)cc1. The minimum absolute atomic E-state index is 0.684.